The minimum Gasteiger partial charge on any atom is -0.383 e. The van der Waals surface area contributed by atoms with Crippen molar-refractivity contribution in [1.82, 2.24) is 9.55 Å². The Balaban J connectivity index is 2.20. The van der Waals surface area contributed by atoms with E-state index in [-0.39, 0.29) is 17.5 Å². The van der Waals surface area contributed by atoms with E-state index in [0.717, 1.165) is 0 Å². The van der Waals surface area contributed by atoms with Crippen molar-refractivity contribution in [2.24, 2.45) is 5.73 Å². The molecule has 1 aliphatic heterocycles. The first kappa shape index (κ1) is 10.5. The first-order chi connectivity index (χ1) is 7.20. The fraction of sp³-hybridized carbons (Fsp3) is 0.500. The van der Waals surface area contributed by atoms with Gasteiger partial charge in [-0.05, 0) is 6.07 Å². The van der Waals surface area contributed by atoms with Crippen molar-refractivity contribution in [1.29, 1.82) is 0 Å². The van der Waals surface area contributed by atoms with Gasteiger partial charge in [-0.15, -0.1) is 11.8 Å². The fourth-order valence-corrected chi connectivity index (χ4v) is 2.32. The maximum atomic E-state index is 11.5. The summed E-state index contributed by atoms with van der Waals surface area (Å²) in [5, 5.41) is 0. The van der Waals surface area contributed by atoms with Crippen LogP contribution in [0.1, 0.15) is 6.23 Å². The van der Waals surface area contributed by atoms with E-state index >= 15 is 0 Å². The molecule has 82 valence electrons. The highest BCUT2D eigenvalue weighted by Gasteiger charge is 2.26. The number of aromatic nitrogens is 2. The van der Waals surface area contributed by atoms with Crippen LogP contribution < -0.4 is 17.2 Å². The summed E-state index contributed by atoms with van der Waals surface area (Å²) < 4.78 is 6.97. The molecular formula is C8H12N4O2S. The van der Waals surface area contributed by atoms with Gasteiger partial charge in [0.25, 0.3) is 0 Å². The van der Waals surface area contributed by atoms with Crippen molar-refractivity contribution in [2.75, 3.05) is 18.0 Å². The molecule has 6 nitrogen and oxygen atoms in total. The molecule has 2 rings (SSSR count). The first-order valence-corrected chi connectivity index (χ1v) is 5.57. The lowest BCUT2D eigenvalue weighted by Crippen LogP contribution is -2.29. The number of nitrogens with two attached hydrogens (primary N) is 2. The predicted octanol–water partition coefficient (Wildman–Crippen LogP) is -0.628. The van der Waals surface area contributed by atoms with Crippen LogP contribution >= 0.6 is 11.8 Å². The Morgan fingerprint density at radius 2 is 2.53 bits per heavy atom. The largest absolute Gasteiger partial charge is 0.383 e. The standard InChI is InChI=1S/C8H12N4O2S/c9-3-7-14-6(4-15-7)12-2-1-5(10)11-8(12)13/h1-2,6-7H,3-4,9H2,(H2,10,11,13)/t6-,7+/m1/s1. The molecule has 1 fully saturated rings. The molecule has 0 bridgehead atoms. The molecule has 1 saturated heterocycles. The molecule has 2 heterocycles. The SMILES string of the molecule is NC[C@H]1O[C@@H](n2ccc(N)nc2=O)CS1. The third-order valence-electron chi connectivity index (χ3n) is 2.09. The van der Waals surface area contributed by atoms with Gasteiger partial charge in [0.05, 0.1) is 0 Å². The molecule has 0 aromatic carbocycles. The van der Waals surface area contributed by atoms with Crippen LogP contribution in [-0.2, 0) is 4.74 Å². The molecule has 4 N–H and O–H groups in total. The average Bonchev–Trinajstić information content (AvgIpc) is 2.66. The first-order valence-electron chi connectivity index (χ1n) is 4.52. The second-order valence-electron chi connectivity index (χ2n) is 3.13. The lowest BCUT2D eigenvalue weighted by molar-refractivity contribution is 0.0198. The topological polar surface area (TPSA) is 96.2 Å². The smallest absolute Gasteiger partial charge is 0.351 e. The normalized spacial score (nSPS) is 25.7. The Bertz CT molecular complexity index is 408. The van der Waals surface area contributed by atoms with E-state index in [2.05, 4.69) is 4.98 Å². The van der Waals surface area contributed by atoms with Crippen molar-refractivity contribution >= 4 is 17.6 Å². The summed E-state index contributed by atoms with van der Waals surface area (Å²) in [6.45, 7) is 0.443. The molecule has 0 saturated carbocycles. The zero-order valence-corrected chi connectivity index (χ0v) is 8.81. The van der Waals surface area contributed by atoms with Gasteiger partial charge < -0.3 is 16.2 Å². The van der Waals surface area contributed by atoms with Gasteiger partial charge in [-0.3, -0.25) is 4.57 Å². The van der Waals surface area contributed by atoms with Gasteiger partial charge in [-0.25, -0.2) is 4.79 Å². The van der Waals surface area contributed by atoms with Gasteiger partial charge in [0.1, 0.15) is 17.5 Å². The Kier molecular flexibility index (Phi) is 2.94. The maximum Gasteiger partial charge on any atom is 0.351 e. The Morgan fingerprint density at radius 3 is 3.13 bits per heavy atom. The van der Waals surface area contributed by atoms with E-state index in [1.165, 1.54) is 4.57 Å². The van der Waals surface area contributed by atoms with Crippen LogP contribution in [0.25, 0.3) is 0 Å². The Morgan fingerprint density at radius 1 is 1.73 bits per heavy atom. The number of nitrogens with zero attached hydrogens (tertiary/aromatic N) is 2. The molecule has 2 atom stereocenters. The van der Waals surface area contributed by atoms with Gasteiger partial charge >= 0.3 is 5.69 Å². The molecule has 7 heteroatoms. The van der Waals surface area contributed by atoms with E-state index in [0.29, 0.717) is 12.3 Å². The van der Waals surface area contributed by atoms with Gasteiger partial charge in [0, 0.05) is 18.5 Å². The van der Waals surface area contributed by atoms with E-state index in [4.69, 9.17) is 16.2 Å². The Labute approximate surface area is 90.6 Å². The van der Waals surface area contributed by atoms with E-state index in [1.807, 2.05) is 0 Å². The van der Waals surface area contributed by atoms with Crippen molar-refractivity contribution in [3.63, 3.8) is 0 Å². The number of hydrogen-bond donors (Lipinski definition) is 2. The number of nitrogen functional groups attached to an aromatic ring is 1. The number of ether oxygens (including phenoxy) is 1. The molecule has 0 aliphatic carbocycles. The molecule has 1 aliphatic rings. The van der Waals surface area contributed by atoms with E-state index in [1.54, 1.807) is 24.0 Å². The summed E-state index contributed by atoms with van der Waals surface area (Å²) in [6, 6.07) is 1.57. The van der Waals surface area contributed by atoms with Gasteiger partial charge in [-0.2, -0.15) is 4.98 Å². The molecule has 1 aromatic rings. The second kappa shape index (κ2) is 4.21. The zero-order chi connectivity index (χ0) is 10.8. The summed E-state index contributed by atoms with van der Waals surface area (Å²) in [6.07, 6.45) is 1.30. The van der Waals surface area contributed by atoms with E-state index in [9.17, 15) is 4.79 Å². The van der Waals surface area contributed by atoms with Crippen molar-refractivity contribution < 1.29 is 4.74 Å². The summed E-state index contributed by atoms with van der Waals surface area (Å²) in [7, 11) is 0. The summed E-state index contributed by atoms with van der Waals surface area (Å²) in [5.74, 6) is 0.921. The molecule has 0 unspecified atom stereocenters. The van der Waals surface area contributed by atoms with Crippen LogP contribution in [0.2, 0.25) is 0 Å². The third-order valence-corrected chi connectivity index (χ3v) is 3.24. The molecule has 0 spiro atoms. The second-order valence-corrected chi connectivity index (χ2v) is 4.32. The Hall–Kier alpha value is -1.05. The van der Waals surface area contributed by atoms with Crippen LogP contribution in [0.5, 0.6) is 0 Å². The van der Waals surface area contributed by atoms with Crippen LogP contribution in [-0.4, -0.2) is 27.3 Å². The molecule has 15 heavy (non-hydrogen) atoms. The highest BCUT2D eigenvalue weighted by Crippen LogP contribution is 2.29. The van der Waals surface area contributed by atoms with Crippen LogP contribution in [0.15, 0.2) is 17.1 Å². The van der Waals surface area contributed by atoms with Crippen LogP contribution in [0, 0.1) is 0 Å². The van der Waals surface area contributed by atoms with Crippen LogP contribution in [0.3, 0.4) is 0 Å². The van der Waals surface area contributed by atoms with Crippen molar-refractivity contribution in [3.05, 3.63) is 22.7 Å². The predicted molar refractivity (Wildman–Crippen MR) is 58.3 cm³/mol. The molecular weight excluding hydrogens is 216 g/mol. The van der Waals surface area contributed by atoms with Crippen molar-refractivity contribution in [2.45, 2.75) is 11.7 Å². The van der Waals surface area contributed by atoms with Gasteiger partial charge in [0.15, 0.2) is 0 Å². The summed E-state index contributed by atoms with van der Waals surface area (Å²) in [5.41, 5.74) is 10.4. The molecule has 0 amide bonds. The lowest BCUT2D eigenvalue weighted by atomic mass is 10.5. The number of thioether (sulfide) groups is 1. The molecule has 1 aromatic heterocycles. The monoisotopic (exact) mass is 228 g/mol. The minimum atomic E-state index is -0.390. The number of anilines is 1. The van der Waals surface area contributed by atoms with Gasteiger partial charge in [-0.1, -0.05) is 0 Å². The number of rotatable bonds is 2. The fourth-order valence-electron chi connectivity index (χ4n) is 1.36. The highest BCUT2D eigenvalue weighted by molar-refractivity contribution is 8.00. The zero-order valence-electron chi connectivity index (χ0n) is 8.00. The average molecular weight is 228 g/mol. The summed E-state index contributed by atoms with van der Waals surface area (Å²) >= 11 is 1.59. The van der Waals surface area contributed by atoms with E-state index < -0.39 is 5.69 Å². The maximum absolute atomic E-state index is 11.5. The van der Waals surface area contributed by atoms with Crippen LogP contribution in [0.4, 0.5) is 5.82 Å². The van der Waals surface area contributed by atoms with Gasteiger partial charge in [0.2, 0.25) is 0 Å². The summed E-state index contributed by atoms with van der Waals surface area (Å²) in [4.78, 5) is 15.1. The number of hydrogen-bond acceptors (Lipinski definition) is 6. The lowest BCUT2D eigenvalue weighted by Gasteiger charge is -2.13. The van der Waals surface area contributed by atoms with Crippen molar-refractivity contribution in [3.8, 4) is 0 Å². The quantitative estimate of drug-likeness (QED) is 0.699. The third kappa shape index (κ3) is 2.14. The minimum absolute atomic E-state index is 0.0422. The highest BCUT2D eigenvalue weighted by atomic mass is 32.2. The molecule has 0 radical (unpaired) electrons.